The van der Waals surface area contributed by atoms with E-state index in [1.807, 2.05) is 19.1 Å². The zero-order valence-corrected chi connectivity index (χ0v) is 11.5. The molecule has 102 valence electrons. The van der Waals surface area contributed by atoms with Crippen molar-refractivity contribution in [2.45, 2.75) is 20.4 Å². The van der Waals surface area contributed by atoms with Gasteiger partial charge in [-0.3, -0.25) is 0 Å². The molecule has 0 bridgehead atoms. The molecule has 4 heteroatoms. The van der Waals surface area contributed by atoms with Gasteiger partial charge in [-0.15, -0.1) is 0 Å². The molecule has 0 spiro atoms. The van der Waals surface area contributed by atoms with Crippen LogP contribution in [-0.2, 0) is 6.54 Å². The second kappa shape index (κ2) is 6.92. The van der Waals surface area contributed by atoms with Crippen LogP contribution in [0.15, 0.2) is 16.5 Å². The van der Waals surface area contributed by atoms with E-state index >= 15 is 0 Å². The molecule has 1 aliphatic rings. The topological polar surface area (TPSA) is 40.4 Å². The number of rotatable bonds is 6. The minimum atomic E-state index is 0.680. The minimum absolute atomic E-state index is 0.680. The van der Waals surface area contributed by atoms with Crippen LogP contribution in [0.2, 0.25) is 0 Å². The van der Waals surface area contributed by atoms with Crippen molar-refractivity contribution in [2.24, 2.45) is 5.92 Å². The lowest BCUT2D eigenvalue weighted by molar-refractivity contribution is 0.209. The molecule has 1 atom stereocenters. The summed E-state index contributed by atoms with van der Waals surface area (Å²) in [6, 6.07) is 4.06. The monoisotopic (exact) mass is 251 g/mol. The molecule has 2 N–H and O–H groups in total. The lowest BCUT2D eigenvalue weighted by atomic mass is 10.1. The van der Waals surface area contributed by atoms with Crippen LogP contribution in [0, 0.1) is 12.8 Å². The van der Waals surface area contributed by atoms with Crippen LogP contribution in [0.25, 0.3) is 0 Å². The van der Waals surface area contributed by atoms with Crippen LogP contribution in [0.4, 0.5) is 0 Å². The SMILES string of the molecule is Cc1ccc(CNCC(C)CN2CCNCC2)o1. The van der Waals surface area contributed by atoms with E-state index in [1.54, 1.807) is 0 Å². The first-order chi connectivity index (χ1) is 8.74. The predicted molar refractivity (Wildman–Crippen MR) is 73.6 cm³/mol. The summed E-state index contributed by atoms with van der Waals surface area (Å²) in [5.74, 6) is 2.70. The molecule has 4 nitrogen and oxygen atoms in total. The van der Waals surface area contributed by atoms with Crippen molar-refractivity contribution in [3.8, 4) is 0 Å². The number of piperazine rings is 1. The van der Waals surface area contributed by atoms with Gasteiger partial charge < -0.3 is 20.0 Å². The summed E-state index contributed by atoms with van der Waals surface area (Å²) in [5, 5.41) is 6.85. The molecule has 1 aromatic heterocycles. The first-order valence-corrected chi connectivity index (χ1v) is 6.93. The van der Waals surface area contributed by atoms with Crippen molar-refractivity contribution in [1.82, 2.24) is 15.5 Å². The highest BCUT2D eigenvalue weighted by molar-refractivity contribution is 5.05. The van der Waals surface area contributed by atoms with E-state index in [0.29, 0.717) is 5.92 Å². The third kappa shape index (κ3) is 4.44. The van der Waals surface area contributed by atoms with Gasteiger partial charge in [0, 0.05) is 32.7 Å². The van der Waals surface area contributed by atoms with E-state index in [4.69, 9.17) is 4.42 Å². The first-order valence-electron chi connectivity index (χ1n) is 6.93. The van der Waals surface area contributed by atoms with Crippen molar-refractivity contribution >= 4 is 0 Å². The Balaban J connectivity index is 1.60. The van der Waals surface area contributed by atoms with Gasteiger partial charge in [-0.2, -0.15) is 0 Å². The highest BCUT2D eigenvalue weighted by Gasteiger charge is 2.12. The predicted octanol–water partition coefficient (Wildman–Crippen LogP) is 1.22. The van der Waals surface area contributed by atoms with Crippen molar-refractivity contribution in [2.75, 3.05) is 39.3 Å². The molecule has 2 rings (SSSR count). The van der Waals surface area contributed by atoms with Crippen LogP contribution < -0.4 is 10.6 Å². The van der Waals surface area contributed by atoms with Crippen LogP contribution in [-0.4, -0.2) is 44.2 Å². The molecular weight excluding hydrogens is 226 g/mol. The quantitative estimate of drug-likeness (QED) is 0.797. The Morgan fingerprint density at radius 2 is 2.17 bits per heavy atom. The Hall–Kier alpha value is -0.840. The maximum Gasteiger partial charge on any atom is 0.117 e. The van der Waals surface area contributed by atoms with Crippen LogP contribution in [0.3, 0.4) is 0 Å². The maximum atomic E-state index is 5.53. The fraction of sp³-hybridized carbons (Fsp3) is 0.714. The average molecular weight is 251 g/mol. The van der Waals surface area contributed by atoms with Gasteiger partial charge in [-0.25, -0.2) is 0 Å². The molecule has 0 aromatic carbocycles. The standard InChI is InChI=1S/C14H25N3O/c1-12(11-17-7-5-15-6-8-17)9-16-10-14-4-3-13(2)18-14/h3-4,12,15-16H,5-11H2,1-2H3. The molecule has 0 radical (unpaired) electrons. The molecule has 0 amide bonds. The number of hydrogen-bond acceptors (Lipinski definition) is 4. The fourth-order valence-corrected chi connectivity index (χ4v) is 2.42. The number of hydrogen-bond donors (Lipinski definition) is 2. The molecular formula is C14H25N3O. The number of aryl methyl sites for hydroxylation is 1. The summed E-state index contributed by atoms with van der Waals surface area (Å²) in [6.07, 6.45) is 0. The van der Waals surface area contributed by atoms with Gasteiger partial charge in [0.15, 0.2) is 0 Å². The van der Waals surface area contributed by atoms with E-state index in [2.05, 4.69) is 22.5 Å². The lowest BCUT2D eigenvalue weighted by Gasteiger charge is -2.29. The average Bonchev–Trinajstić information content (AvgIpc) is 2.76. The van der Waals surface area contributed by atoms with E-state index in [0.717, 1.165) is 37.7 Å². The Bertz CT molecular complexity index is 345. The Kier molecular flexibility index (Phi) is 5.23. The van der Waals surface area contributed by atoms with Crippen LogP contribution in [0.1, 0.15) is 18.4 Å². The molecule has 1 fully saturated rings. The van der Waals surface area contributed by atoms with E-state index < -0.39 is 0 Å². The van der Waals surface area contributed by atoms with Crippen molar-refractivity contribution in [1.29, 1.82) is 0 Å². The van der Waals surface area contributed by atoms with Gasteiger partial charge in [0.25, 0.3) is 0 Å². The Morgan fingerprint density at radius 3 is 2.83 bits per heavy atom. The number of furan rings is 1. The van der Waals surface area contributed by atoms with E-state index in [-0.39, 0.29) is 0 Å². The molecule has 2 heterocycles. The Morgan fingerprint density at radius 1 is 1.39 bits per heavy atom. The van der Waals surface area contributed by atoms with Gasteiger partial charge in [0.05, 0.1) is 6.54 Å². The zero-order chi connectivity index (χ0) is 12.8. The molecule has 1 unspecified atom stereocenters. The van der Waals surface area contributed by atoms with Crippen LogP contribution >= 0.6 is 0 Å². The summed E-state index contributed by atoms with van der Waals surface area (Å²) in [6.45, 7) is 12.0. The molecule has 1 saturated heterocycles. The second-order valence-corrected chi connectivity index (χ2v) is 5.30. The first kappa shape index (κ1) is 13.6. The Labute approximate surface area is 110 Å². The molecule has 0 saturated carbocycles. The van der Waals surface area contributed by atoms with Crippen molar-refractivity contribution in [3.63, 3.8) is 0 Å². The van der Waals surface area contributed by atoms with Crippen molar-refractivity contribution < 1.29 is 4.42 Å². The zero-order valence-electron chi connectivity index (χ0n) is 11.5. The van der Waals surface area contributed by atoms with Gasteiger partial charge in [-0.1, -0.05) is 6.92 Å². The van der Waals surface area contributed by atoms with Gasteiger partial charge in [0.1, 0.15) is 11.5 Å². The third-order valence-corrected chi connectivity index (χ3v) is 3.37. The van der Waals surface area contributed by atoms with Gasteiger partial charge in [-0.05, 0) is 31.5 Å². The summed E-state index contributed by atoms with van der Waals surface area (Å²) in [4.78, 5) is 2.54. The molecule has 1 aromatic rings. The summed E-state index contributed by atoms with van der Waals surface area (Å²) >= 11 is 0. The lowest BCUT2D eigenvalue weighted by Crippen LogP contribution is -2.45. The largest absolute Gasteiger partial charge is 0.465 e. The van der Waals surface area contributed by atoms with Gasteiger partial charge >= 0.3 is 0 Å². The van der Waals surface area contributed by atoms with Crippen LogP contribution in [0.5, 0.6) is 0 Å². The third-order valence-electron chi connectivity index (χ3n) is 3.37. The molecule has 1 aliphatic heterocycles. The number of nitrogens with zero attached hydrogens (tertiary/aromatic N) is 1. The molecule has 0 aliphatic carbocycles. The minimum Gasteiger partial charge on any atom is -0.465 e. The highest BCUT2D eigenvalue weighted by Crippen LogP contribution is 2.06. The fourth-order valence-electron chi connectivity index (χ4n) is 2.42. The smallest absolute Gasteiger partial charge is 0.117 e. The summed E-state index contributed by atoms with van der Waals surface area (Å²) in [5.41, 5.74) is 0. The second-order valence-electron chi connectivity index (χ2n) is 5.30. The van der Waals surface area contributed by atoms with Gasteiger partial charge in [0.2, 0.25) is 0 Å². The normalized spacial score (nSPS) is 19.0. The summed E-state index contributed by atoms with van der Waals surface area (Å²) < 4.78 is 5.53. The molecule has 18 heavy (non-hydrogen) atoms. The van der Waals surface area contributed by atoms with E-state index in [9.17, 15) is 0 Å². The van der Waals surface area contributed by atoms with Crippen molar-refractivity contribution in [3.05, 3.63) is 23.7 Å². The van der Waals surface area contributed by atoms with E-state index in [1.165, 1.54) is 19.6 Å². The summed E-state index contributed by atoms with van der Waals surface area (Å²) in [7, 11) is 0. The number of nitrogens with one attached hydrogen (secondary N) is 2. The maximum absolute atomic E-state index is 5.53. The highest BCUT2D eigenvalue weighted by atomic mass is 16.3.